The summed E-state index contributed by atoms with van der Waals surface area (Å²) in [6, 6.07) is 1.57. The van der Waals surface area contributed by atoms with Gasteiger partial charge >= 0.3 is 0 Å². The van der Waals surface area contributed by atoms with Crippen LogP contribution in [0.3, 0.4) is 0 Å². The number of nitrogens with two attached hydrogens (primary N) is 1. The molecule has 2 heteroatoms. The van der Waals surface area contributed by atoms with Crippen LogP contribution in [0, 0.1) is 11.8 Å². The summed E-state index contributed by atoms with van der Waals surface area (Å²) < 4.78 is 0. The Hall–Kier alpha value is -0.0800. The molecule has 3 fully saturated rings. The second kappa shape index (κ2) is 7.26. The molecule has 116 valence electrons. The van der Waals surface area contributed by atoms with Crippen LogP contribution in [-0.2, 0) is 0 Å². The molecule has 0 aromatic heterocycles. The number of fused-ring (bicyclic) bond motifs is 1. The van der Waals surface area contributed by atoms with E-state index < -0.39 is 0 Å². The fraction of sp³-hybridized carbons (Fsp3) is 1.00. The molecule has 1 unspecified atom stereocenters. The Balaban J connectivity index is 1.61. The summed E-state index contributed by atoms with van der Waals surface area (Å²) in [6.45, 7) is 2.22. The average Bonchev–Trinajstić information content (AvgIpc) is 2.53. The monoisotopic (exact) mass is 278 g/mol. The SMILES string of the molecule is NCC(CC1CCCCC1)N1CCC[C@H]2CCCC[C@H]21. The van der Waals surface area contributed by atoms with Gasteiger partial charge in [0, 0.05) is 18.6 Å². The summed E-state index contributed by atoms with van der Waals surface area (Å²) in [5.41, 5.74) is 6.20. The molecule has 2 N–H and O–H groups in total. The maximum atomic E-state index is 6.20. The molecule has 1 heterocycles. The van der Waals surface area contributed by atoms with Crippen LogP contribution in [0.5, 0.6) is 0 Å². The molecule has 2 saturated carbocycles. The van der Waals surface area contributed by atoms with Gasteiger partial charge in [0.05, 0.1) is 0 Å². The van der Waals surface area contributed by atoms with E-state index in [2.05, 4.69) is 4.90 Å². The van der Waals surface area contributed by atoms with Crippen molar-refractivity contribution in [2.45, 2.75) is 89.1 Å². The summed E-state index contributed by atoms with van der Waals surface area (Å²) >= 11 is 0. The minimum absolute atomic E-state index is 0.684. The topological polar surface area (TPSA) is 29.3 Å². The fourth-order valence-electron chi connectivity index (χ4n) is 5.29. The lowest BCUT2D eigenvalue weighted by molar-refractivity contribution is 0.0182. The molecule has 3 atom stereocenters. The van der Waals surface area contributed by atoms with E-state index >= 15 is 0 Å². The van der Waals surface area contributed by atoms with E-state index in [1.807, 2.05) is 0 Å². The Kier molecular flexibility index (Phi) is 5.39. The van der Waals surface area contributed by atoms with Crippen LogP contribution in [0.4, 0.5) is 0 Å². The summed E-state index contributed by atoms with van der Waals surface area (Å²) in [5.74, 6) is 1.97. The first kappa shape index (κ1) is 14.8. The van der Waals surface area contributed by atoms with Crippen molar-refractivity contribution < 1.29 is 0 Å². The summed E-state index contributed by atoms with van der Waals surface area (Å²) in [5, 5.41) is 0. The molecule has 0 aromatic rings. The van der Waals surface area contributed by atoms with Crippen molar-refractivity contribution in [2.24, 2.45) is 17.6 Å². The van der Waals surface area contributed by atoms with E-state index in [0.717, 1.165) is 24.4 Å². The van der Waals surface area contributed by atoms with Crippen LogP contribution in [0.2, 0.25) is 0 Å². The largest absolute Gasteiger partial charge is 0.329 e. The van der Waals surface area contributed by atoms with Crippen LogP contribution in [0.25, 0.3) is 0 Å². The summed E-state index contributed by atoms with van der Waals surface area (Å²) in [7, 11) is 0. The van der Waals surface area contributed by atoms with E-state index in [4.69, 9.17) is 5.73 Å². The third kappa shape index (κ3) is 3.39. The highest BCUT2D eigenvalue weighted by molar-refractivity contribution is 4.91. The van der Waals surface area contributed by atoms with E-state index in [-0.39, 0.29) is 0 Å². The molecule has 20 heavy (non-hydrogen) atoms. The lowest BCUT2D eigenvalue weighted by Gasteiger charge is -2.48. The van der Waals surface area contributed by atoms with Gasteiger partial charge in [-0.3, -0.25) is 4.90 Å². The molecule has 1 aliphatic heterocycles. The maximum Gasteiger partial charge on any atom is 0.0224 e. The van der Waals surface area contributed by atoms with Gasteiger partial charge in [-0.15, -0.1) is 0 Å². The van der Waals surface area contributed by atoms with Gasteiger partial charge in [-0.2, -0.15) is 0 Å². The van der Waals surface area contributed by atoms with Crippen molar-refractivity contribution in [3.8, 4) is 0 Å². The number of rotatable bonds is 4. The zero-order valence-electron chi connectivity index (χ0n) is 13.2. The minimum Gasteiger partial charge on any atom is -0.329 e. The highest BCUT2D eigenvalue weighted by atomic mass is 15.2. The zero-order chi connectivity index (χ0) is 13.8. The first-order valence-electron chi connectivity index (χ1n) is 9.34. The molecule has 0 aromatic carbocycles. The third-order valence-electron chi connectivity index (χ3n) is 6.36. The second-order valence-corrected chi connectivity index (χ2v) is 7.62. The Bertz CT molecular complexity index is 283. The van der Waals surface area contributed by atoms with Gasteiger partial charge < -0.3 is 5.73 Å². The van der Waals surface area contributed by atoms with Crippen molar-refractivity contribution >= 4 is 0 Å². The van der Waals surface area contributed by atoms with Gasteiger partial charge in [-0.1, -0.05) is 44.9 Å². The quantitative estimate of drug-likeness (QED) is 0.844. The second-order valence-electron chi connectivity index (χ2n) is 7.62. The molecule has 0 radical (unpaired) electrons. The van der Waals surface area contributed by atoms with Crippen LogP contribution in [0.1, 0.15) is 77.0 Å². The average molecular weight is 278 g/mol. The molecule has 0 amide bonds. The molecular formula is C18H34N2. The normalized spacial score (nSPS) is 34.6. The number of likely N-dealkylation sites (tertiary alicyclic amines) is 1. The predicted molar refractivity (Wildman–Crippen MR) is 85.7 cm³/mol. The maximum absolute atomic E-state index is 6.20. The number of hydrogen-bond donors (Lipinski definition) is 1. The van der Waals surface area contributed by atoms with Crippen molar-refractivity contribution in [2.75, 3.05) is 13.1 Å². The Morgan fingerprint density at radius 3 is 2.35 bits per heavy atom. The smallest absolute Gasteiger partial charge is 0.0224 e. The molecule has 2 aliphatic carbocycles. The van der Waals surface area contributed by atoms with Gasteiger partial charge in [-0.25, -0.2) is 0 Å². The molecule has 3 aliphatic rings. The molecule has 0 bridgehead atoms. The van der Waals surface area contributed by atoms with Crippen LogP contribution in [0.15, 0.2) is 0 Å². The van der Waals surface area contributed by atoms with Gasteiger partial charge in [0.25, 0.3) is 0 Å². The highest BCUT2D eigenvalue weighted by Gasteiger charge is 2.36. The predicted octanol–water partition coefficient (Wildman–Crippen LogP) is 3.94. The van der Waals surface area contributed by atoms with Crippen LogP contribution < -0.4 is 5.73 Å². The molecular weight excluding hydrogens is 244 g/mol. The number of piperidine rings is 1. The lowest BCUT2D eigenvalue weighted by atomic mass is 9.76. The van der Waals surface area contributed by atoms with E-state index in [9.17, 15) is 0 Å². The molecule has 1 saturated heterocycles. The van der Waals surface area contributed by atoms with Gasteiger partial charge in [0.15, 0.2) is 0 Å². The summed E-state index contributed by atoms with van der Waals surface area (Å²) in [4.78, 5) is 2.86. The first-order valence-corrected chi connectivity index (χ1v) is 9.34. The molecule has 2 nitrogen and oxygen atoms in total. The summed E-state index contributed by atoms with van der Waals surface area (Å²) in [6.07, 6.45) is 17.5. The van der Waals surface area contributed by atoms with Crippen molar-refractivity contribution in [3.63, 3.8) is 0 Å². The standard InChI is InChI=1S/C18H34N2/c19-14-17(13-15-7-2-1-3-8-15)20-12-6-10-16-9-4-5-11-18(16)20/h15-18H,1-14,19H2/t16-,17?,18-/m1/s1. The Morgan fingerprint density at radius 1 is 0.850 bits per heavy atom. The third-order valence-corrected chi connectivity index (χ3v) is 6.36. The van der Waals surface area contributed by atoms with Crippen LogP contribution in [-0.4, -0.2) is 30.1 Å². The minimum atomic E-state index is 0.684. The van der Waals surface area contributed by atoms with Gasteiger partial charge in [-0.05, 0) is 50.5 Å². The van der Waals surface area contributed by atoms with Crippen LogP contribution >= 0.6 is 0 Å². The van der Waals surface area contributed by atoms with E-state index in [1.165, 1.54) is 83.6 Å². The highest BCUT2D eigenvalue weighted by Crippen LogP contribution is 2.38. The fourth-order valence-corrected chi connectivity index (χ4v) is 5.29. The number of nitrogens with zero attached hydrogens (tertiary/aromatic N) is 1. The van der Waals surface area contributed by atoms with Gasteiger partial charge in [0.1, 0.15) is 0 Å². The first-order chi connectivity index (χ1) is 9.88. The lowest BCUT2D eigenvalue weighted by Crippen LogP contribution is -2.54. The Labute approximate surface area is 125 Å². The van der Waals surface area contributed by atoms with Crippen molar-refractivity contribution in [1.29, 1.82) is 0 Å². The van der Waals surface area contributed by atoms with Crippen molar-refractivity contribution in [1.82, 2.24) is 4.90 Å². The number of hydrogen-bond acceptors (Lipinski definition) is 2. The van der Waals surface area contributed by atoms with Crippen molar-refractivity contribution in [3.05, 3.63) is 0 Å². The molecule has 0 spiro atoms. The van der Waals surface area contributed by atoms with E-state index in [1.54, 1.807) is 0 Å². The molecule has 3 rings (SSSR count). The van der Waals surface area contributed by atoms with Gasteiger partial charge in [0.2, 0.25) is 0 Å². The zero-order valence-corrected chi connectivity index (χ0v) is 13.2. The Morgan fingerprint density at radius 2 is 1.55 bits per heavy atom. The van der Waals surface area contributed by atoms with E-state index in [0.29, 0.717) is 6.04 Å².